The Morgan fingerprint density at radius 1 is 1.11 bits per heavy atom. The van der Waals surface area contributed by atoms with Crippen molar-refractivity contribution in [2.45, 2.75) is 13.2 Å². The molecule has 2 aromatic carbocycles. The Hall–Kier alpha value is -2.70. The molecule has 1 aromatic heterocycles. The van der Waals surface area contributed by atoms with Gasteiger partial charge >= 0.3 is 0 Å². The summed E-state index contributed by atoms with van der Waals surface area (Å²) in [6, 6.07) is 18.0. The molecule has 27 heavy (non-hydrogen) atoms. The van der Waals surface area contributed by atoms with Gasteiger partial charge in [-0.05, 0) is 29.9 Å². The molecule has 1 atom stereocenters. The van der Waals surface area contributed by atoms with E-state index in [1.165, 1.54) is 10.5 Å². The number of benzene rings is 2. The molecule has 0 saturated carbocycles. The highest BCUT2D eigenvalue weighted by molar-refractivity contribution is 7.71. The number of nitrogens with zero attached hydrogens (tertiary/aromatic N) is 2. The lowest BCUT2D eigenvalue weighted by molar-refractivity contribution is -0.917. The zero-order valence-electron chi connectivity index (χ0n) is 15.9. The summed E-state index contributed by atoms with van der Waals surface area (Å²) in [6.45, 7) is 1.63. The summed E-state index contributed by atoms with van der Waals surface area (Å²) in [7, 11) is 5.79. The van der Waals surface area contributed by atoms with Crippen LogP contribution in [0.2, 0.25) is 0 Å². The molecule has 3 aromatic rings. The monoisotopic (exact) mass is 381 g/mol. The van der Waals surface area contributed by atoms with Crippen LogP contribution >= 0.6 is 12.2 Å². The standard InChI is InChI=1S/C21H24N4OS/c1-22-20(26)18-11-9-16(10-12-18)13-23(2)15-25-14-19(24(3)21(25)27)17-7-5-4-6-8-17/h4-12,14H,13,15H2,1-3H3,(H,22,26)/p+1. The molecule has 140 valence electrons. The van der Waals surface area contributed by atoms with Crippen LogP contribution in [0.15, 0.2) is 60.8 Å². The van der Waals surface area contributed by atoms with E-state index in [-0.39, 0.29) is 5.91 Å². The van der Waals surface area contributed by atoms with Crippen molar-refractivity contribution >= 4 is 18.1 Å². The third-order valence-electron chi connectivity index (χ3n) is 4.63. The lowest BCUT2D eigenvalue weighted by atomic mass is 10.1. The minimum atomic E-state index is -0.0636. The molecule has 5 nitrogen and oxygen atoms in total. The average Bonchev–Trinajstić information content (AvgIpc) is 2.97. The van der Waals surface area contributed by atoms with E-state index in [1.807, 2.05) is 49.5 Å². The van der Waals surface area contributed by atoms with Gasteiger partial charge in [-0.25, -0.2) is 0 Å². The number of hydrogen-bond acceptors (Lipinski definition) is 2. The molecule has 0 aliphatic heterocycles. The van der Waals surface area contributed by atoms with Crippen molar-refractivity contribution in [2.24, 2.45) is 7.05 Å². The van der Waals surface area contributed by atoms with Crippen molar-refractivity contribution in [3.05, 3.63) is 76.7 Å². The van der Waals surface area contributed by atoms with Gasteiger partial charge in [0.15, 0.2) is 11.4 Å². The van der Waals surface area contributed by atoms with Gasteiger partial charge in [-0.1, -0.05) is 42.5 Å². The molecular formula is C21H25N4OS+. The lowest BCUT2D eigenvalue weighted by Gasteiger charge is -2.15. The first-order valence-electron chi connectivity index (χ1n) is 8.93. The van der Waals surface area contributed by atoms with E-state index in [9.17, 15) is 4.79 Å². The van der Waals surface area contributed by atoms with Crippen LogP contribution in [-0.4, -0.2) is 29.1 Å². The lowest BCUT2D eigenvalue weighted by Crippen LogP contribution is -3.06. The Labute approximate surface area is 164 Å². The van der Waals surface area contributed by atoms with Crippen molar-refractivity contribution in [1.29, 1.82) is 0 Å². The average molecular weight is 382 g/mol. The number of carbonyl (C=O) groups is 1. The molecule has 1 amide bonds. The van der Waals surface area contributed by atoms with Crippen LogP contribution in [0.5, 0.6) is 0 Å². The summed E-state index contributed by atoms with van der Waals surface area (Å²) in [6.07, 6.45) is 2.12. The Morgan fingerprint density at radius 2 is 1.78 bits per heavy atom. The second-order valence-corrected chi connectivity index (χ2v) is 7.12. The number of imidazole rings is 1. The molecule has 0 bridgehead atoms. The fraction of sp³-hybridized carbons (Fsp3) is 0.238. The molecule has 0 aliphatic rings. The largest absolute Gasteiger partial charge is 0.355 e. The van der Waals surface area contributed by atoms with Crippen molar-refractivity contribution in [1.82, 2.24) is 14.5 Å². The van der Waals surface area contributed by atoms with Gasteiger partial charge in [0.1, 0.15) is 6.54 Å². The van der Waals surface area contributed by atoms with Gasteiger partial charge in [0.25, 0.3) is 5.91 Å². The van der Waals surface area contributed by atoms with Crippen LogP contribution in [0.4, 0.5) is 0 Å². The van der Waals surface area contributed by atoms with Crippen LogP contribution in [-0.2, 0) is 20.3 Å². The molecule has 6 heteroatoms. The first-order chi connectivity index (χ1) is 13.0. The highest BCUT2D eigenvalue weighted by Gasteiger charge is 2.12. The predicted molar refractivity (Wildman–Crippen MR) is 110 cm³/mol. The number of amides is 1. The van der Waals surface area contributed by atoms with Crippen LogP contribution in [0.25, 0.3) is 11.3 Å². The molecule has 2 N–H and O–H groups in total. The quantitative estimate of drug-likeness (QED) is 0.643. The molecule has 0 radical (unpaired) electrons. The summed E-state index contributed by atoms with van der Waals surface area (Å²) in [5.74, 6) is -0.0636. The Kier molecular flexibility index (Phi) is 5.88. The molecule has 0 fully saturated rings. The minimum Gasteiger partial charge on any atom is -0.355 e. The maximum atomic E-state index is 11.6. The number of quaternary nitrogens is 1. The third-order valence-corrected chi connectivity index (χ3v) is 5.14. The molecule has 3 rings (SSSR count). The smallest absolute Gasteiger partial charge is 0.251 e. The van der Waals surface area contributed by atoms with Gasteiger partial charge in [-0.2, -0.15) is 0 Å². The maximum absolute atomic E-state index is 11.6. The highest BCUT2D eigenvalue weighted by Crippen LogP contribution is 2.19. The van der Waals surface area contributed by atoms with Crippen molar-refractivity contribution in [3.8, 4) is 11.3 Å². The molecule has 1 heterocycles. The molecular weight excluding hydrogens is 356 g/mol. The van der Waals surface area contributed by atoms with Gasteiger partial charge < -0.3 is 14.8 Å². The van der Waals surface area contributed by atoms with Crippen LogP contribution in [0.1, 0.15) is 15.9 Å². The first-order valence-corrected chi connectivity index (χ1v) is 9.34. The summed E-state index contributed by atoms with van der Waals surface area (Å²) < 4.78 is 4.98. The summed E-state index contributed by atoms with van der Waals surface area (Å²) in [4.78, 5) is 13.0. The van der Waals surface area contributed by atoms with Gasteiger partial charge in [-0.15, -0.1) is 0 Å². The van der Waals surface area contributed by atoms with E-state index in [2.05, 4.69) is 39.8 Å². The maximum Gasteiger partial charge on any atom is 0.251 e. The van der Waals surface area contributed by atoms with E-state index in [0.717, 1.165) is 29.2 Å². The second kappa shape index (κ2) is 8.33. The minimum absolute atomic E-state index is 0.0636. The van der Waals surface area contributed by atoms with E-state index in [4.69, 9.17) is 12.2 Å². The van der Waals surface area contributed by atoms with Crippen molar-refractivity contribution < 1.29 is 9.69 Å². The fourth-order valence-corrected chi connectivity index (χ4v) is 3.40. The first kappa shape index (κ1) is 19.1. The van der Waals surface area contributed by atoms with E-state index >= 15 is 0 Å². The fourth-order valence-electron chi connectivity index (χ4n) is 3.19. The topological polar surface area (TPSA) is 43.4 Å². The number of aromatic nitrogens is 2. The van der Waals surface area contributed by atoms with Gasteiger partial charge in [-0.3, -0.25) is 9.36 Å². The Bertz CT molecular complexity index is 974. The number of hydrogen-bond donors (Lipinski definition) is 2. The van der Waals surface area contributed by atoms with Gasteiger partial charge in [0, 0.05) is 31.4 Å². The van der Waals surface area contributed by atoms with E-state index in [0.29, 0.717) is 5.56 Å². The zero-order chi connectivity index (χ0) is 19.4. The number of carbonyl (C=O) groups excluding carboxylic acids is 1. The summed E-state index contributed by atoms with van der Waals surface area (Å²) in [5.41, 5.74) is 4.14. The zero-order valence-corrected chi connectivity index (χ0v) is 16.7. The Balaban J connectivity index is 1.72. The molecule has 1 unspecified atom stereocenters. The molecule has 0 spiro atoms. The van der Waals surface area contributed by atoms with E-state index < -0.39 is 0 Å². The van der Waals surface area contributed by atoms with Gasteiger partial charge in [0.05, 0.1) is 12.7 Å². The summed E-state index contributed by atoms with van der Waals surface area (Å²) >= 11 is 5.62. The predicted octanol–water partition coefficient (Wildman–Crippen LogP) is 2.26. The van der Waals surface area contributed by atoms with Crippen molar-refractivity contribution in [2.75, 3.05) is 14.1 Å². The number of nitrogens with one attached hydrogen (secondary N) is 2. The van der Waals surface area contributed by atoms with Crippen LogP contribution < -0.4 is 10.2 Å². The van der Waals surface area contributed by atoms with Gasteiger partial charge in [0.2, 0.25) is 0 Å². The molecule has 0 aliphatic carbocycles. The SMILES string of the molecule is CNC(=O)c1ccc(C[NH+](C)Cn2cc(-c3ccccc3)n(C)c2=S)cc1. The normalized spacial score (nSPS) is 12.0. The van der Waals surface area contributed by atoms with Crippen LogP contribution in [0.3, 0.4) is 0 Å². The summed E-state index contributed by atoms with van der Waals surface area (Å²) in [5, 5.41) is 2.64. The third kappa shape index (κ3) is 4.35. The van der Waals surface area contributed by atoms with Crippen LogP contribution in [0, 0.1) is 4.77 Å². The molecule has 0 saturated heterocycles. The Morgan fingerprint density at radius 3 is 2.41 bits per heavy atom. The van der Waals surface area contributed by atoms with E-state index in [1.54, 1.807) is 7.05 Å². The highest BCUT2D eigenvalue weighted by atomic mass is 32.1. The second-order valence-electron chi connectivity index (χ2n) is 6.76. The number of rotatable bonds is 6. The van der Waals surface area contributed by atoms with Crippen molar-refractivity contribution in [3.63, 3.8) is 0 Å².